The predicted molar refractivity (Wildman–Crippen MR) is 99.4 cm³/mol. The van der Waals surface area contributed by atoms with Gasteiger partial charge in [-0.2, -0.15) is 0 Å². The second-order valence-corrected chi connectivity index (χ2v) is 6.21. The van der Waals surface area contributed by atoms with Crippen LogP contribution in [0.3, 0.4) is 0 Å². The minimum atomic E-state index is 0.0867. The first-order chi connectivity index (χ1) is 12.2. The van der Waals surface area contributed by atoms with E-state index >= 15 is 0 Å². The molecule has 1 aromatic carbocycles. The summed E-state index contributed by atoms with van der Waals surface area (Å²) in [6.07, 6.45) is 2.61. The fourth-order valence-electron chi connectivity index (χ4n) is 2.78. The molecular formula is C19H26N4O2. The second-order valence-electron chi connectivity index (χ2n) is 6.21. The van der Waals surface area contributed by atoms with Gasteiger partial charge in [0, 0.05) is 19.2 Å². The molecule has 1 N–H and O–H groups in total. The number of rotatable bonds is 7. The highest BCUT2D eigenvalue weighted by molar-refractivity contribution is 5.48. The van der Waals surface area contributed by atoms with E-state index in [1.165, 1.54) is 5.56 Å². The highest BCUT2D eigenvalue weighted by Gasteiger charge is 2.14. The molecule has 134 valence electrons. The van der Waals surface area contributed by atoms with E-state index in [0.717, 1.165) is 50.1 Å². The summed E-state index contributed by atoms with van der Waals surface area (Å²) in [5.41, 5.74) is 1.20. The number of nitrogens with one attached hydrogen (secondary N) is 1. The van der Waals surface area contributed by atoms with Crippen molar-refractivity contribution in [3.8, 4) is 5.75 Å². The molecule has 6 nitrogen and oxygen atoms in total. The van der Waals surface area contributed by atoms with Crippen LogP contribution in [0.15, 0.2) is 36.7 Å². The zero-order valence-corrected chi connectivity index (χ0v) is 14.9. The van der Waals surface area contributed by atoms with Crippen LogP contribution in [0.4, 0.5) is 11.6 Å². The van der Waals surface area contributed by atoms with Gasteiger partial charge in [0.25, 0.3) is 0 Å². The molecule has 0 aliphatic carbocycles. The molecule has 1 unspecified atom stereocenters. The lowest BCUT2D eigenvalue weighted by Crippen LogP contribution is -2.36. The van der Waals surface area contributed by atoms with E-state index < -0.39 is 0 Å². The average molecular weight is 342 g/mol. The van der Waals surface area contributed by atoms with Crippen molar-refractivity contribution in [3.63, 3.8) is 0 Å². The maximum absolute atomic E-state index is 6.08. The quantitative estimate of drug-likeness (QED) is 0.835. The monoisotopic (exact) mass is 342 g/mol. The Morgan fingerprint density at radius 3 is 2.84 bits per heavy atom. The van der Waals surface area contributed by atoms with Crippen molar-refractivity contribution in [3.05, 3.63) is 42.2 Å². The van der Waals surface area contributed by atoms with Gasteiger partial charge in [-0.15, -0.1) is 0 Å². The number of nitrogens with zero attached hydrogens (tertiary/aromatic N) is 3. The normalized spacial score (nSPS) is 15.7. The van der Waals surface area contributed by atoms with Crippen molar-refractivity contribution in [1.82, 2.24) is 9.97 Å². The molecule has 2 heterocycles. The largest absolute Gasteiger partial charge is 0.489 e. The summed E-state index contributed by atoms with van der Waals surface area (Å²) in [5, 5.41) is 3.38. The first-order valence-corrected chi connectivity index (χ1v) is 8.86. The van der Waals surface area contributed by atoms with Gasteiger partial charge >= 0.3 is 0 Å². The topological polar surface area (TPSA) is 59.5 Å². The Labute approximate surface area is 149 Å². The molecule has 0 spiro atoms. The average Bonchev–Trinajstić information content (AvgIpc) is 2.66. The zero-order chi connectivity index (χ0) is 17.5. The summed E-state index contributed by atoms with van der Waals surface area (Å²) < 4.78 is 11.5. The first-order valence-electron chi connectivity index (χ1n) is 8.86. The van der Waals surface area contributed by atoms with Crippen LogP contribution >= 0.6 is 0 Å². The lowest BCUT2D eigenvalue weighted by Gasteiger charge is -2.27. The molecule has 1 atom stereocenters. The maximum atomic E-state index is 6.08. The van der Waals surface area contributed by atoms with Gasteiger partial charge in [0.05, 0.1) is 19.8 Å². The van der Waals surface area contributed by atoms with Crippen molar-refractivity contribution >= 4 is 11.6 Å². The molecule has 0 saturated carbocycles. The van der Waals surface area contributed by atoms with E-state index in [-0.39, 0.29) is 6.10 Å². The Morgan fingerprint density at radius 2 is 2.08 bits per heavy atom. The summed E-state index contributed by atoms with van der Waals surface area (Å²) >= 11 is 0. The van der Waals surface area contributed by atoms with E-state index in [1.54, 1.807) is 6.33 Å². The van der Waals surface area contributed by atoms with Crippen LogP contribution in [0.25, 0.3) is 0 Å². The fourth-order valence-corrected chi connectivity index (χ4v) is 2.78. The van der Waals surface area contributed by atoms with Gasteiger partial charge in [0.1, 0.15) is 29.8 Å². The number of benzene rings is 1. The Balaban J connectivity index is 1.57. The summed E-state index contributed by atoms with van der Waals surface area (Å²) in [4.78, 5) is 10.9. The molecule has 1 aliphatic rings. The van der Waals surface area contributed by atoms with Crippen LogP contribution in [0.5, 0.6) is 5.75 Å². The van der Waals surface area contributed by atoms with Crippen LogP contribution in [-0.2, 0) is 4.74 Å². The van der Waals surface area contributed by atoms with Crippen molar-refractivity contribution < 1.29 is 9.47 Å². The third-order valence-corrected chi connectivity index (χ3v) is 4.25. The number of aryl methyl sites for hydroxylation is 1. The minimum Gasteiger partial charge on any atom is -0.489 e. The summed E-state index contributed by atoms with van der Waals surface area (Å²) in [6.45, 7) is 8.12. The van der Waals surface area contributed by atoms with Gasteiger partial charge in [0.15, 0.2) is 0 Å². The van der Waals surface area contributed by atoms with Gasteiger partial charge in [-0.1, -0.05) is 19.1 Å². The summed E-state index contributed by atoms with van der Waals surface area (Å²) in [6, 6.07) is 10.1. The first kappa shape index (κ1) is 17.5. The van der Waals surface area contributed by atoms with E-state index in [4.69, 9.17) is 9.47 Å². The van der Waals surface area contributed by atoms with Crippen LogP contribution in [0.2, 0.25) is 0 Å². The molecule has 0 amide bonds. The molecule has 0 radical (unpaired) electrons. The van der Waals surface area contributed by atoms with Crippen LogP contribution in [-0.4, -0.2) is 48.9 Å². The Bertz CT molecular complexity index is 674. The van der Waals surface area contributed by atoms with Crippen LogP contribution in [0, 0.1) is 6.92 Å². The summed E-state index contributed by atoms with van der Waals surface area (Å²) in [7, 11) is 0. The van der Waals surface area contributed by atoms with E-state index in [0.29, 0.717) is 6.54 Å². The molecule has 25 heavy (non-hydrogen) atoms. The third-order valence-electron chi connectivity index (χ3n) is 4.25. The Kier molecular flexibility index (Phi) is 6.06. The standard InChI is InChI=1S/C19H26N4O2/c1-3-16(25-17-6-4-5-15(2)11-17)13-20-18-12-19(22-14-21-18)23-7-9-24-10-8-23/h4-6,11-12,14,16H,3,7-10,13H2,1-2H3,(H,20,21,22). The van der Waals surface area contributed by atoms with E-state index in [1.807, 2.05) is 18.2 Å². The van der Waals surface area contributed by atoms with Crippen LogP contribution in [0.1, 0.15) is 18.9 Å². The lowest BCUT2D eigenvalue weighted by molar-refractivity contribution is 0.122. The molecule has 1 fully saturated rings. The van der Waals surface area contributed by atoms with Crippen molar-refractivity contribution in [2.75, 3.05) is 43.1 Å². The Hall–Kier alpha value is -2.34. The van der Waals surface area contributed by atoms with Gasteiger partial charge < -0.3 is 19.7 Å². The van der Waals surface area contributed by atoms with Crippen LogP contribution < -0.4 is 15.0 Å². The maximum Gasteiger partial charge on any atom is 0.134 e. The molecule has 2 aromatic rings. The van der Waals surface area contributed by atoms with Gasteiger partial charge in [-0.05, 0) is 31.0 Å². The van der Waals surface area contributed by atoms with Crippen molar-refractivity contribution in [1.29, 1.82) is 0 Å². The van der Waals surface area contributed by atoms with E-state index in [9.17, 15) is 0 Å². The molecule has 6 heteroatoms. The number of anilines is 2. The SMILES string of the molecule is CCC(CNc1cc(N2CCOCC2)ncn1)Oc1cccc(C)c1. The van der Waals surface area contributed by atoms with E-state index in [2.05, 4.69) is 46.2 Å². The predicted octanol–water partition coefficient (Wildman–Crippen LogP) is 2.89. The van der Waals surface area contributed by atoms with Gasteiger partial charge in [-0.25, -0.2) is 9.97 Å². The second kappa shape index (κ2) is 8.67. The molecule has 1 aliphatic heterocycles. The third kappa shape index (κ3) is 5.06. The zero-order valence-electron chi connectivity index (χ0n) is 14.9. The molecule has 0 bridgehead atoms. The molecule has 1 saturated heterocycles. The Morgan fingerprint density at radius 1 is 1.24 bits per heavy atom. The van der Waals surface area contributed by atoms with Crippen molar-refractivity contribution in [2.45, 2.75) is 26.4 Å². The highest BCUT2D eigenvalue weighted by atomic mass is 16.5. The highest BCUT2D eigenvalue weighted by Crippen LogP contribution is 2.18. The molecule has 3 rings (SSSR count). The minimum absolute atomic E-state index is 0.0867. The molecular weight excluding hydrogens is 316 g/mol. The van der Waals surface area contributed by atoms with Crippen molar-refractivity contribution in [2.24, 2.45) is 0 Å². The fraction of sp³-hybridized carbons (Fsp3) is 0.474. The summed E-state index contributed by atoms with van der Waals surface area (Å²) in [5.74, 6) is 2.67. The number of morpholine rings is 1. The smallest absolute Gasteiger partial charge is 0.134 e. The van der Waals surface area contributed by atoms with Gasteiger partial charge in [-0.3, -0.25) is 0 Å². The number of hydrogen-bond acceptors (Lipinski definition) is 6. The van der Waals surface area contributed by atoms with Gasteiger partial charge in [0.2, 0.25) is 0 Å². The number of hydrogen-bond donors (Lipinski definition) is 1. The number of ether oxygens (including phenoxy) is 2. The number of aromatic nitrogens is 2. The lowest BCUT2D eigenvalue weighted by atomic mass is 10.2. The molecule has 1 aromatic heterocycles.